The van der Waals surface area contributed by atoms with Crippen LogP contribution in [0.3, 0.4) is 0 Å². The van der Waals surface area contributed by atoms with Crippen molar-refractivity contribution in [1.82, 2.24) is 0 Å². The molecule has 1 aromatic carbocycles. The number of aryl methyl sites for hydroxylation is 1. The molecular weight excluding hydrogens is 305 g/mol. The lowest BCUT2D eigenvalue weighted by molar-refractivity contribution is -0.173. The van der Waals surface area contributed by atoms with Gasteiger partial charge in [-0.05, 0) is 44.2 Å². The van der Waals surface area contributed by atoms with Crippen LogP contribution in [0.2, 0.25) is 0 Å². The van der Waals surface area contributed by atoms with E-state index < -0.39 is 22.2 Å². The number of hydrogen-bond donors (Lipinski definition) is 0. The summed E-state index contributed by atoms with van der Waals surface area (Å²) in [5.41, 5.74) is 0.915. The molecule has 3 nitrogen and oxygen atoms in total. The monoisotopic (exact) mass is 322 g/mol. The van der Waals surface area contributed by atoms with Crippen molar-refractivity contribution < 1.29 is 25.8 Å². The van der Waals surface area contributed by atoms with Crippen LogP contribution in [0.1, 0.15) is 24.8 Å². The predicted octanol–water partition coefficient (Wildman–Crippen LogP) is 3.68. The lowest BCUT2D eigenvalue weighted by Gasteiger charge is -2.14. The van der Waals surface area contributed by atoms with Gasteiger partial charge < -0.3 is 0 Å². The zero-order valence-corrected chi connectivity index (χ0v) is 12.4. The van der Waals surface area contributed by atoms with Crippen LogP contribution in [-0.2, 0) is 14.3 Å². The van der Waals surface area contributed by atoms with Gasteiger partial charge in [0.1, 0.15) is 0 Å². The Balaban J connectivity index is 1.93. The van der Waals surface area contributed by atoms with E-state index in [0.29, 0.717) is 6.42 Å². The maximum atomic E-state index is 12.6. The summed E-state index contributed by atoms with van der Waals surface area (Å²) in [6.07, 6.45) is -3.88. The van der Waals surface area contributed by atoms with E-state index >= 15 is 0 Å². The minimum absolute atomic E-state index is 0.0264. The zero-order chi connectivity index (χ0) is 15.7. The quantitative estimate of drug-likeness (QED) is 0.794. The first-order chi connectivity index (χ1) is 9.68. The molecule has 1 aromatic rings. The molecule has 2 rings (SSSR count). The molecule has 1 saturated carbocycles. The van der Waals surface area contributed by atoms with Crippen LogP contribution in [0.4, 0.5) is 13.2 Å². The lowest BCUT2D eigenvalue weighted by atomic mass is 10.1. The Morgan fingerprint density at radius 3 is 2.33 bits per heavy atom. The molecule has 0 amide bonds. The Hall–Kier alpha value is -1.08. The van der Waals surface area contributed by atoms with E-state index in [9.17, 15) is 21.6 Å². The normalized spacial score (nSPS) is 23.4. The summed E-state index contributed by atoms with van der Waals surface area (Å²) < 4.78 is 66.4. The summed E-state index contributed by atoms with van der Waals surface area (Å²) >= 11 is 0. The van der Waals surface area contributed by atoms with Crippen LogP contribution in [0.25, 0.3) is 0 Å². The summed E-state index contributed by atoms with van der Waals surface area (Å²) in [6, 6.07) is 6.15. The van der Waals surface area contributed by atoms with Gasteiger partial charge in [-0.15, -0.1) is 0 Å². The largest absolute Gasteiger partial charge is 0.391 e. The van der Waals surface area contributed by atoms with E-state index in [4.69, 9.17) is 4.18 Å². The van der Waals surface area contributed by atoms with Crippen molar-refractivity contribution in [3.05, 3.63) is 29.8 Å². The molecule has 0 saturated heterocycles. The number of hydrogen-bond acceptors (Lipinski definition) is 3. The predicted molar refractivity (Wildman–Crippen MR) is 71.2 cm³/mol. The average Bonchev–Trinajstić information content (AvgIpc) is 2.86. The van der Waals surface area contributed by atoms with E-state index in [1.807, 2.05) is 6.92 Å². The average molecular weight is 322 g/mol. The van der Waals surface area contributed by atoms with Crippen LogP contribution in [-0.4, -0.2) is 21.2 Å². The molecule has 118 valence electrons. The second kappa shape index (κ2) is 5.96. The van der Waals surface area contributed by atoms with Gasteiger partial charge in [-0.1, -0.05) is 17.7 Å². The minimum atomic E-state index is -4.20. The van der Waals surface area contributed by atoms with Crippen molar-refractivity contribution in [2.75, 3.05) is 6.61 Å². The highest BCUT2D eigenvalue weighted by Crippen LogP contribution is 2.41. The third-order valence-corrected chi connectivity index (χ3v) is 5.07. The Morgan fingerprint density at radius 2 is 1.81 bits per heavy atom. The number of benzene rings is 1. The molecule has 7 heteroatoms. The molecule has 0 N–H and O–H groups in total. The summed E-state index contributed by atoms with van der Waals surface area (Å²) in [4.78, 5) is 0.0264. The van der Waals surface area contributed by atoms with Crippen LogP contribution in [0.5, 0.6) is 0 Å². The zero-order valence-electron chi connectivity index (χ0n) is 11.6. The van der Waals surface area contributed by atoms with Crippen molar-refractivity contribution in [1.29, 1.82) is 0 Å². The van der Waals surface area contributed by atoms with Crippen molar-refractivity contribution in [2.45, 2.75) is 37.3 Å². The highest BCUT2D eigenvalue weighted by molar-refractivity contribution is 7.86. The van der Waals surface area contributed by atoms with E-state index in [1.165, 1.54) is 12.1 Å². The van der Waals surface area contributed by atoms with Gasteiger partial charge in [-0.25, -0.2) is 0 Å². The Morgan fingerprint density at radius 1 is 1.19 bits per heavy atom. The first-order valence-electron chi connectivity index (χ1n) is 6.71. The van der Waals surface area contributed by atoms with Crippen molar-refractivity contribution in [3.8, 4) is 0 Å². The summed E-state index contributed by atoms with van der Waals surface area (Å²) in [6.45, 7) is 1.63. The second-order valence-electron chi connectivity index (χ2n) is 5.47. The van der Waals surface area contributed by atoms with Crippen LogP contribution >= 0.6 is 0 Å². The maximum absolute atomic E-state index is 12.6. The molecule has 0 aliphatic heterocycles. The molecule has 1 aliphatic rings. The molecule has 0 heterocycles. The molecule has 0 aromatic heterocycles. The summed E-state index contributed by atoms with van der Waals surface area (Å²) in [5, 5.41) is 0. The molecule has 1 fully saturated rings. The van der Waals surface area contributed by atoms with Gasteiger partial charge in [0.15, 0.2) is 0 Å². The topological polar surface area (TPSA) is 43.4 Å². The van der Waals surface area contributed by atoms with Gasteiger partial charge in [0.25, 0.3) is 10.1 Å². The van der Waals surface area contributed by atoms with E-state index in [0.717, 1.165) is 5.56 Å². The van der Waals surface area contributed by atoms with Crippen LogP contribution in [0, 0.1) is 18.8 Å². The van der Waals surface area contributed by atoms with E-state index in [1.54, 1.807) is 12.1 Å². The van der Waals surface area contributed by atoms with E-state index in [2.05, 4.69) is 0 Å². The molecule has 0 radical (unpaired) electrons. The minimum Gasteiger partial charge on any atom is -0.266 e. The van der Waals surface area contributed by atoms with Gasteiger partial charge in [0, 0.05) is 0 Å². The van der Waals surface area contributed by atoms with Crippen LogP contribution in [0.15, 0.2) is 29.2 Å². The molecule has 0 spiro atoms. The van der Waals surface area contributed by atoms with Gasteiger partial charge >= 0.3 is 6.18 Å². The number of rotatable bonds is 4. The number of alkyl halides is 3. The summed E-state index contributed by atoms with van der Waals surface area (Å²) in [7, 11) is -3.90. The van der Waals surface area contributed by atoms with Gasteiger partial charge in [-0.2, -0.15) is 21.6 Å². The Labute approximate surface area is 122 Å². The van der Waals surface area contributed by atoms with Crippen molar-refractivity contribution in [2.24, 2.45) is 11.8 Å². The van der Waals surface area contributed by atoms with Crippen molar-refractivity contribution >= 4 is 10.1 Å². The molecule has 2 atom stereocenters. The third-order valence-electron chi connectivity index (χ3n) is 3.77. The SMILES string of the molecule is Cc1ccc(S(=O)(=O)OCC2CCC(C(F)(F)F)C2)cc1. The first-order valence-corrected chi connectivity index (χ1v) is 8.12. The Kier molecular flexibility index (Phi) is 4.63. The third kappa shape index (κ3) is 4.20. The lowest BCUT2D eigenvalue weighted by Crippen LogP contribution is -2.21. The second-order valence-corrected chi connectivity index (χ2v) is 7.08. The van der Waals surface area contributed by atoms with Gasteiger partial charge in [0.2, 0.25) is 0 Å². The summed E-state index contributed by atoms with van der Waals surface area (Å²) in [5.74, 6) is -1.70. The molecular formula is C14H17F3O3S. The standard InChI is InChI=1S/C14H17F3O3S/c1-10-2-6-13(7-3-10)21(18,19)20-9-11-4-5-12(8-11)14(15,16)17/h2-3,6-7,11-12H,4-5,8-9H2,1H3. The molecule has 1 aliphatic carbocycles. The van der Waals surface area contributed by atoms with Crippen molar-refractivity contribution in [3.63, 3.8) is 0 Å². The molecule has 2 unspecified atom stereocenters. The van der Waals surface area contributed by atoms with Crippen LogP contribution < -0.4 is 0 Å². The fourth-order valence-corrected chi connectivity index (χ4v) is 3.46. The maximum Gasteiger partial charge on any atom is 0.391 e. The fraction of sp³-hybridized carbons (Fsp3) is 0.571. The Bertz CT molecular complexity index is 578. The van der Waals surface area contributed by atoms with E-state index in [-0.39, 0.29) is 30.3 Å². The van der Waals surface area contributed by atoms with Gasteiger partial charge in [-0.3, -0.25) is 4.18 Å². The first kappa shape index (κ1) is 16.3. The highest BCUT2D eigenvalue weighted by atomic mass is 32.2. The smallest absolute Gasteiger partial charge is 0.266 e. The van der Waals surface area contributed by atoms with Gasteiger partial charge in [0.05, 0.1) is 17.4 Å². The highest BCUT2D eigenvalue weighted by Gasteiger charge is 2.44. The molecule has 21 heavy (non-hydrogen) atoms. The molecule has 0 bridgehead atoms. The number of halogens is 3. The fourth-order valence-electron chi connectivity index (χ4n) is 2.48.